The highest BCUT2D eigenvalue weighted by Gasteiger charge is 2.36. The standard InChI is InChI=1S/C23H29NO4Si/c1-14-18-13-24(12-16-9-7-6-8-10-16)19(25)11-17(18)15(2)22(29(3,4)5)20(14)21(26)23(27)28/h6-10,21,26H,11-13H2,1-5H3,(H,27,28). The lowest BCUT2D eigenvalue weighted by atomic mass is 9.86. The number of rotatable bonds is 5. The van der Waals surface area contributed by atoms with Crippen LogP contribution in [0.4, 0.5) is 0 Å². The molecular weight excluding hydrogens is 382 g/mol. The van der Waals surface area contributed by atoms with E-state index in [1.807, 2.05) is 49.1 Å². The maximum atomic E-state index is 12.9. The molecule has 1 heterocycles. The van der Waals surface area contributed by atoms with Crippen molar-refractivity contribution in [2.75, 3.05) is 0 Å². The predicted octanol–water partition coefficient (Wildman–Crippen LogP) is 3.05. The molecule has 0 fully saturated rings. The Balaban J connectivity index is 2.14. The number of aliphatic hydroxyl groups excluding tert-OH is 1. The summed E-state index contributed by atoms with van der Waals surface area (Å²) in [6.07, 6.45) is -1.24. The molecule has 3 rings (SSSR count). The van der Waals surface area contributed by atoms with Crippen molar-refractivity contribution >= 4 is 25.1 Å². The van der Waals surface area contributed by atoms with E-state index in [-0.39, 0.29) is 5.91 Å². The monoisotopic (exact) mass is 411 g/mol. The molecule has 0 saturated heterocycles. The van der Waals surface area contributed by atoms with Crippen molar-refractivity contribution in [2.45, 2.75) is 59.1 Å². The molecule has 0 radical (unpaired) electrons. The molecule has 29 heavy (non-hydrogen) atoms. The minimum atomic E-state index is -1.97. The number of hydrogen-bond donors (Lipinski definition) is 2. The van der Waals surface area contributed by atoms with Crippen LogP contribution in [0.3, 0.4) is 0 Å². The fourth-order valence-electron chi connectivity index (χ4n) is 4.53. The van der Waals surface area contributed by atoms with Crippen LogP contribution in [-0.2, 0) is 29.1 Å². The van der Waals surface area contributed by atoms with E-state index < -0.39 is 20.1 Å². The average Bonchev–Trinajstić information content (AvgIpc) is 2.64. The minimum absolute atomic E-state index is 0.0805. The Morgan fingerprint density at radius 2 is 1.72 bits per heavy atom. The number of carboxylic acids is 1. The lowest BCUT2D eigenvalue weighted by Crippen LogP contribution is -2.47. The molecule has 2 N–H and O–H groups in total. The number of aliphatic hydroxyl groups is 1. The third kappa shape index (κ3) is 4.00. The highest BCUT2D eigenvalue weighted by Crippen LogP contribution is 2.33. The molecule has 154 valence electrons. The van der Waals surface area contributed by atoms with Crippen LogP contribution in [0.1, 0.15) is 39.5 Å². The maximum absolute atomic E-state index is 12.9. The van der Waals surface area contributed by atoms with Gasteiger partial charge in [0, 0.05) is 13.1 Å². The van der Waals surface area contributed by atoms with Crippen LogP contribution in [0.2, 0.25) is 19.6 Å². The molecule has 0 aliphatic carbocycles. The Labute approximate surface area is 173 Å². The summed E-state index contributed by atoms with van der Waals surface area (Å²) in [5.74, 6) is -1.16. The fraction of sp³-hybridized carbons (Fsp3) is 0.391. The summed E-state index contributed by atoms with van der Waals surface area (Å²) in [6.45, 7) is 11.2. The van der Waals surface area contributed by atoms with Crippen LogP contribution in [0.5, 0.6) is 0 Å². The molecule has 1 atom stereocenters. The second-order valence-corrected chi connectivity index (χ2v) is 13.9. The van der Waals surface area contributed by atoms with E-state index in [2.05, 4.69) is 19.6 Å². The third-order valence-corrected chi connectivity index (χ3v) is 7.97. The van der Waals surface area contributed by atoms with E-state index in [0.29, 0.717) is 25.1 Å². The van der Waals surface area contributed by atoms with Crippen molar-refractivity contribution < 1.29 is 19.8 Å². The van der Waals surface area contributed by atoms with Crippen molar-refractivity contribution in [1.82, 2.24) is 4.90 Å². The summed E-state index contributed by atoms with van der Waals surface area (Å²) in [6, 6.07) is 9.84. The Bertz CT molecular complexity index is 963. The second kappa shape index (κ2) is 7.76. The van der Waals surface area contributed by atoms with Crippen LogP contribution in [0.25, 0.3) is 0 Å². The first-order chi connectivity index (χ1) is 13.5. The zero-order valence-electron chi connectivity index (χ0n) is 17.7. The van der Waals surface area contributed by atoms with Gasteiger partial charge in [-0.05, 0) is 47.2 Å². The topological polar surface area (TPSA) is 77.8 Å². The molecule has 1 aliphatic heterocycles. The van der Waals surface area contributed by atoms with E-state index in [1.54, 1.807) is 0 Å². The van der Waals surface area contributed by atoms with Crippen LogP contribution < -0.4 is 5.19 Å². The van der Waals surface area contributed by atoms with E-state index in [4.69, 9.17) is 0 Å². The van der Waals surface area contributed by atoms with Crippen molar-refractivity contribution in [1.29, 1.82) is 0 Å². The molecule has 6 heteroatoms. The van der Waals surface area contributed by atoms with Gasteiger partial charge in [-0.2, -0.15) is 0 Å². The quantitative estimate of drug-likeness (QED) is 0.742. The molecule has 0 spiro atoms. The Morgan fingerprint density at radius 1 is 1.10 bits per heavy atom. The number of amides is 1. The first-order valence-corrected chi connectivity index (χ1v) is 13.4. The summed E-state index contributed by atoms with van der Waals surface area (Å²) < 4.78 is 0. The first kappa shape index (κ1) is 21.3. The van der Waals surface area contributed by atoms with Crippen LogP contribution in [-0.4, -0.2) is 35.1 Å². The van der Waals surface area contributed by atoms with Gasteiger partial charge < -0.3 is 15.1 Å². The predicted molar refractivity (Wildman–Crippen MR) is 116 cm³/mol. The van der Waals surface area contributed by atoms with Gasteiger partial charge in [0.2, 0.25) is 5.91 Å². The smallest absolute Gasteiger partial charge is 0.337 e. The number of fused-ring (bicyclic) bond motifs is 1. The number of benzene rings is 2. The molecule has 1 unspecified atom stereocenters. The van der Waals surface area contributed by atoms with Crippen LogP contribution >= 0.6 is 0 Å². The lowest BCUT2D eigenvalue weighted by Gasteiger charge is -2.36. The van der Waals surface area contributed by atoms with Crippen molar-refractivity contribution in [2.24, 2.45) is 0 Å². The number of carbonyl (C=O) groups is 2. The molecule has 1 amide bonds. The first-order valence-electron chi connectivity index (χ1n) is 9.90. The molecular formula is C23H29NO4Si. The van der Waals surface area contributed by atoms with Gasteiger partial charge in [0.25, 0.3) is 0 Å². The molecule has 2 aromatic carbocycles. The molecule has 0 saturated carbocycles. The van der Waals surface area contributed by atoms with Gasteiger partial charge >= 0.3 is 5.97 Å². The number of aliphatic carboxylic acids is 1. The fourth-order valence-corrected chi connectivity index (χ4v) is 6.94. The number of carbonyl (C=O) groups excluding carboxylic acids is 1. The minimum Gasteiger partial charge on any atom is -0.479 e. The van der Waals surface area contributed by atoms with Crippen LogP contribution in [0, 0.1) is 13.8 Å². The largest absolute Gasteiger partial charge is 0.479 e. The van der Waals surface area contributed by atoms with Gasteiger partial charge in [-0.25, -0.2) is 4.79 Å². The second-order valence-electron chi connectivity index (χ2n) is 8.90. The summed E-state index contributed by atoms with van der Waals surface area (Å²) >= 11 is 0. The molecule has 5 nitrogen and oxygen atoms in total. The maximum Gasteiger partial charge on any atom is 0.337 e. The Kier molecular flexibility index (Phi) is 5.69. The van der Waals surface area contributed by atoms with Crippen LogP contribution in [0.15, 0.2) is 30.3 Å². The van der Waals surface area contributed by atoms with Gasteiger partial charge in [0.05, 0.1) is 14.5 Å². The Morgan fingerprint density at radius 3 is 2.28 bits per heavy atom. The van der Waals surface area contributed by atoms with Gasteiger partial charge in [-0.3, -0.25) is 4.79 Å². The van der Waals surface area contributed by atoms with Gasteiger partial charge in [0.15, 0.2) is 6.10 Å². The Hall–Kier alpha value is -2.44. The summed E-state index contributed by atoms with van der Waals surface area (Å²) in [5.41, 5.74) is 5.37. The molecule has 0 bridgehead atoms. The van der Waals surface area contributed by atoms with Gasteiger partial charge in [-0.15, -0.1) is 0 Å². The van der Waals surface area contributed by atoms with E-state index in [0.717, 1.165) is 33.0 Å². The van der Waals surface area contributed by atoms with E-state index in [1.165, 1.54) is 0 Å². The zero-order valence-corrected chi connectivity index (χ0v) is 18.7. The average molecular weight is 412 g/mol. The number of hydrogen-bond acceptors (Lipinski definition) is 3. The highest BCUT2D eigenvalue weighted by molar-refractivity contribution is 6.89. The van der Waals surface area contributed by atoms with E-state index >= 15 is 0 Å². The van der Waals surface area contributed by atoms with Gasteiger partial charge in [0.1, 0.15) is 0 Å². The third-order valence-electron chi connectivity index (χ3n) is 5.82. The van der Waals surface area contributed by atoms with Crippen molar-refractivity contribution in [3.8, 4) is 0 Å². The lowest BCUT2D eigenvalue weighted by molar-refractivity contribution is -0.147. The van der Waals surface area contributed by atoms with E-state index in [9.17, 15) is 19.8 Å². The summed E-state index contributed by atoms with van der Waals surface area (Å²) in [7, 11) is -1.97. The molecule has 1 aliphatic rings. The molecule has 2 aromatic rings. The SMILES string of the molecule is Cc1c2c(c(C)c([Si](C)(C)C)c1C(O)C(=O)O)CC(=O)N(Cc1ccccc1)C2. The highest BCUT2D eigenvalue weighted by atomic mass is 28.3. The summed E-state index contributed by atoms with van der Waals surface area (Å²) in [4.78, 5) is 26.4. The summed E-state index contributed by atoms with van der Waals surface area (Å²) in [5, 5.41) is 21.0. The van der Waals surface area contributed by atoms with Crippen molar-refractivity contribution in [3.63, 3.8) is 0 Å². The normalized spacial score (nSPS) is 15.2. The van der Waals surface area contributed by atoms with Gasteiger partial charge in [-0.1, -0.05) is 55.2 Å². The number of carboxylic acid groups (broad SMARTS) is 1. The van der Waals surface area contributed by atoms with Crippen molar-refractivity contribution in [3.05, 3.63) is 63.7 Å². The zero-order chi connectivity index (χ0) is 21.5. The number of nitrogens with zero attached hydrogens (tertiary/aromatic N) is 1. The molecule has 0 aromatic heterocycles.